The Hall–Kier alpha value is -0.930. The number of hydrogen-bond acceptors (Lipinski definition) is 3. The number of methoxy groups -OCH3 is 2. The first-order chi connectivity index (χ1) is 7.10. The largest absolute Gasteiger partial charge is 0.496 e. The Balaban J connectivity index is 3.16. The Bertz CT molecular complexity index is 337. The van der Waals surface area contributed by atoms with Gasteiger partial charge in [-0.05, 0) is 19.1 Å². The highest BCUT2D eigenvalue weighted by Gasteiger charge is 2.14. The number of rotatable bonds is 4. The fourth-order valence-corrected chi connectivity index (χ4v) is 1.73. The molecule has 0 aliphatic carbocycles. The molecule has 1 aromatic rings. The Labute approximate surface area is 94.6 Å². The summed E-state index contributed by atoms with van der Waals surface area (Å²) in [5.74, 6) is 1.26. The minimum atomic E-state index is -0.469. The Morgan fingerprint density at radius 2 is 1.80 bits per heavy atom. The molecule has 4 heteroatoms. The maximum Gasteiger partial charge on any atom is 0.138 e. The molecule has 0 amide bonds. The second-order valence-corrected chi connectivity index (χ2v) is 3.69. The summed E-state index contributed by atoms with van der Waals surface area (Å²) >= 11 is 6.12. The molecule has 0 fully saturated rings. The highest BCUT2D eigenvalue weighted by Crippen LogP contribution is 2.35. The Morgan fingerprint density at radius 1 is 1.27 bits per heavy atom. The molecular formula is C11H15ClO3. The van der Waals surface area contributed by atoms with Crippen molar-refractivity contribution in [2.75, 3.05) is 14.2 Å². The molecule has 1 atom stereocenters. The lowest BCUT2D eigenvalue weighted by Gasteiger charge is -2.14. The number of aliphatic hydroxyl groups excluding tert-OH is 1. The summed E-state index contributed by atoms with van der Waals surface area (Å²) in [6, 6.07) is 3.52. The van der Waals surface area contributed by atoms with Crippen LogP contribution in [-0.4, -0.2) is 25.4 Å². The molecule has 0 saturated carbocycles. The van der Waals surface area contributed by atoms with Crippen LogP contribution in [0.25, 0.3) is 0 Å². The third-order valence-electron chi connectivity index (χ3n) is 2.10. The van der Waals surface area contributed by atoms with Crippen LogP contribution in [0.1, 0.15) is 12.5 Å². The maximum absolute atomic E-state index is 9.36. The summed E-state index contributed by atoms with van der Waals surface area (Å²) < 4.78 is 10.3. The van der Waals surface area contributed by atoms with Gasteiger partial charge in [0.05, 0.1) is 25.3 Å². The molecule has 0 bridgehead atoms. The zero-order valence-electron chi connectivity index (χ0n) is 9.08. The summed E-state index contributed by atoms with van der Waals surface area (Å²) in [6.45, 7) is 1.70. The smallest absolute Gasteiger partial charge is 0.138 e. The van der Waals surface area contributed by atoms with Crippen molar-refractivity contribution in [3.05, 3.63) is 22.7 Å². The van der Waals surface area contributed by atoms with Crippen molar-refractivity contribution in [2.24, 2.45) is 0 Å². The highest BCUT2D eigenvalue weighted by molar-refractivity contribution is 6.33. The molecule has 0 spiro atoms. The van der Waals surface area contributed by atoms with Crippen molar-refractivity contribution in [1.82, 2.24) is 0 Å². The van der Waals surface area contributed by atoms with Crippen LogP contribution in [0.15, 0.2) is 12.1 Å². The van der Waals surface area contributed by atoms with Crippen LogP contribution < -0.4 is 9.47 Å². The lowest BCUT2D eigenvalue weighted by atomic mass is 10.1. The van der Waals surface area contributed by atoms with Gasteiger partial charge in [0.25, 0.3) is 0 Å². The summed E-state index contributed by atoms with van der Waals surface area (Å²) in [5.41, 5.74) is 0.772. The fourth-order valence-electron chi connectivity index (χ4n) is 1.42. The van der Waals surface area contributed by atoms with E-state index in [0.29, 0.717) is 22.9 Å². The molecule has 0 aliphatic heterocycles. The van der Waals surface area contributed by atoms with Crippen molar-refractivity contribution in [3.8, 4) is 11.5 Å². The van der Waals surface area contributed by atoms with E-state index >= 15 is 0 Å². The van der Waals surface area contributed by atoms with E-state index in [2.05, 4.69) is 0 Å². The van der Waals surface area contributed by atoms with Gasteiger partial charge in [0.2, 0.25) is 0 Å². The van der Waals surface area contributed by atoms with Crippen LogP contribution in [0.4, 0.5) is 0 Å². The highest BCUT2D eigenvalue weighted by atomic mass is 35.5. The minimum Gasteiger partial charge on any atom is -0.496 e. The molecule has 1 rings (SSSR count). The lowest BCUT2D eigenvalue weighted by Crippen LogP contribution is -2.07. The van der Waals surface area contributed by atoms with Gasteiger partial charge >= 0.3 is 0 Å². The third kappa shape index (κ3) is 2.76. The van der Waals surface area contributed by atoms with Gasteiger partial charge in [-0.1, -0.05) is 11.6 Å². The molecule has 84 valence electrons. The number of hydrogen-bond donors (Lipinski definition) is 1. The fraction of sp³-hybridized carbons (Fsp3) is 0.455. The molecule has 15 heavy (non-hydrogen) atoms. The van der Waals surface area contributed by atoms with Crippen molar-refractivity contribution in [1.29, 1.82) is 0 Å². The molecule has 1 N–H and O–H groups in total. The average molecular weight is 231 g/mol. The van der Waals surface area contributed by atoms with Gasteiger partial charge in [-0.2, -0.15) is 0 Å². The van der Waals surface area contributed by atoms with Gasteiger partial charge in [-0.25, -0.2) is 0 Å². The van der Waals surface area contributed by atoms with E-state index in [1.165, 1.54) is 0 Å². The molecule has 0 radical (unpaired) electrons. The second-order valence-electron chi connectivity index (χ2n) is 3.32. The second kappa shape index (κ2) is 5.24. The lowest BCUT2D eigenvalue weighted by molar-refractivity contribution is 0.194. The predicted octanol–water partition coefficient (Wildman–Crippen LogP) is 2.28. The number of aliphatic hydroxyl groups is 1. The zero-order valence-corrected chi connectivity index (χ0v) is 9.84. The van der Waals surface area contributed by atoms with Crippen molar-refractivity contribution in [2.45, 2.75) is 19.4 Å². The number of ether oxygens (including phenoxy) is 2. The summed E-state index contributed by atoms with van der Waals surface area (Å²) in [5, 5.41) is 9.86. The van der Waals surface area contributed by atoms with Crippen LogP contribution in [0, 0.1) is 0 Å². The normalized spacial score (nSPS) is 12.3. The van der Waals surface area contributed by atoms with Gasteiger partial charge in [-0.15, -0.1) is 0 Å². The van der Waals surface area contributed by atoms with Crippen molar-refractivity contribution >= 4 is 11.6 Å². The minimum absolute atomic E-state index is 0.444. The maximum atomic E-state index is 9.36. The van der Waals surface area contributed by atoms with Crippen LogP contribution in [0.5, 0.6) is 11.5 Å². The summed E-state index contributed by atoms with van der Waals surface area (Å²) in [6.07, 6.45) is -0.0253. The molecule has 1 unspecified atom stereocenters. The van der Waals surface area contributed by atoms with Gasteiger partial charge in [0.15, 0.2) is 0 Å². The molecule has 0 aliphatic rings. The van der Waals surface area contributed by atoms with E-state index in [0.717, 1.165) is 5.56 Å². The van der Waals surface area contributed by atoms with E-state index in [-0.39, 0.29) is 0 Å². The Morgan fingerprint density at radius 3 is 2.27 bits per heavy atom. The van der Waals surface area contributed by atoms with E-state index in [4.69, 9.17) is 21.1 Å². The van der Waals surface area contributed by atoms with Crippen LogP contribution in [0.3, 0.4) is 0 Å². The van der Waals surface area contributed by atoms with E-state index in [1.807, 2.05) is 0 Å². The van der Waals surface area contributed by atoms with Gasteiger partial charge < -0.3 is 14.6 Å². The van der Waals surface area contributed by atoms with E-state index in [1.54, 1.807) is 33.3 Å². The van der Waals surface area contributed by atoms with Crippen molar-refractivity contribution in [3.63, 3.8) is 0 Å². The van der Waals surface area contributed by atoms with Gasteiger partial charge in [0, 0.05) is 12.0 Å². The molecule has 0 heterocycles. The summed E-state index contributed by atoms with van der Waals surface area (Å²) in [4.78, 5) is 0. The first-order valence-electron chi connectivity index (χ1n) is 4.67. The van der Waals surface area contributed by atoms with E-state index in [9.17, 15) is 5.11 Å². The first kappa shape index (κ1) is 12.1. The molecule has 0 saturated heterocycles. The van der Waals surface area contributed by atoms with E-state index < -0.39 is 6.10 Å². The number of halogens is 1. The Kier molecular flexibility index (Phi) is 4.24. The van der Waals surface area contributed by atoms with Gasteiger partial charge in [-0.3, -0.25) is 0 Å². The van der Waals surface area contributed by atoms with Crippen LogP contribution >= 0.6 is 11.6 Å². The molecular weight excluding hydrogens is 216 g/mol. The molecule has 1 aromatic carbocycles. The molecule has 0 aromatic heterocycles. The average Bonchev–Trinajstić information content (AvgIpc) is 2.20. The van der Waals surface area contributed by atoms with Crippen LogP contribution in [-0.2, 0) is 6.42 Å². The number of benzene rings is 1. The molecule has 3 nitrogen and oxygen atoms in total. The van der Waals surface area contributed by atoms with Gasteiger partial charge in [0.1, 0.15) is 11.5 Å². The monoisotopic (exact) mass is 230 g/mol. The predicted molar refractivity (Wildman–Crippen MR) is 59.9 cm³/mol. The zero-order chi connectivity index (χ0) is 11.4. The van der Waals surface area contributed by atoms with Crippen LogP contribution in [0.2, 0.25) is 5.02 Å². The van der Waals surface area contributed by atoms with Crippen molar-refractivity contribution < 1.29 is 14.6 Å². The first-order valence-corrected chi connectivity index (χ1v) is 5.05. The summed E-state index contributed by atoms with van der Waals surface area (Å²) in [7, 11) is 3.13. The SMILES string of the molecule is COc1ccc(OC)c(CC(C)O)c1Cl. The quantitative estimate of drug-likeness (QED) is 0.863. The standard InChI is InChI=1S/C11H15ClO3/c1-7(13)6-8-9(14-2)4-5-10(15-3)11(8)12/h4-5,7,13H,6H2,1-3H3. The topological polar surface area (TPSA) is 38.7 Å². The third-order valence-corrected chi connectivity index (χ3v) is 2.52.